The molecule has 3 unspecified atom stereocenters. The highest BCUT2D eigenvalue weighted by Gasteiger charge is 2.24. The molecule has 0 aliphatic rings. The Morgan fingerprint density at radius 2 is 0.800 bits per heavy atom. The van der Waals surface area contributed by atoms with Crippen molar-refractivity contribution in [1.29, 1.82) is 0 Å². The number of esters is 1. The minimum absolute atomic E-state index is 0.0647. The van der Waals surface area contributed by atoms with Crippen LogP contribution in [0.5, 0.6) is 0 Å². The highest BCUT2D eigenvalue weighted by atomic mass is 16.5. The van der Waals surface area contributed by atoms with Gasteiger partial charge in [0.15, 0.2) is 0 Å². The average Bonchev–Trinajstić information content (AvgIpc) is 3.30. The van der Waals surface area contributed by atoms with Gasteiger partial charge in [-0.3, -0.25) is 9.59 Å². The van der Waals surface area contributed by atoms with Crippen molar-refractivity contribution in [1.82, 2.24) is 5.32 Å². The van der Waals surface area contributed by atoms with Crippen molar-refractivity contribution in [3.63, 3.8) is 0 Å². The van der Waals surface area contributed by atoms with Gasteiger partial charge in [-0.15, -0.1) is 0 Å². The van der Waals surface area contributed by atoms with E-state index in [1.807, 2.05) is 0 Å². The molecular formula is C59H109NO5. The Balaban J connectivity index is 4.61. The van der Waals surface area contributed by atoms with E-state index in [4.69, 9.17) is 4.74 Å². The third-order valence-corrected chi connectivity index (χ3v) is 12.9. The first-order chi connectivity index (χ1) is 32.0. The lowest BCUT2D eigenvalue weighted by atomic mass is 10.0. The number of aliphatic hydroxyl groups excluding tert-OH is 2. The van der Waals surface area contributed by atoms with Gasteiger partial charge < -0.3 is 20.3 Å². The van der Waals surface area contributed by atoms with Crippen LogP contribution in [-0.4, -0.2) is 46.9 Å². The maximum Gasteiger partial charge on any atom is 0.306 e. The van der Waals surface area contributed by atoms with Gasteiger partial charge in [0.05, 0.1) is 25.2 Å². The Kier molecular flexibility index (Phi) is 51.0. The summed E-state index contributed by atoms with van der Waals surface area (Å²) in [5.41, 5.74) is 0. The quantitative estimate of drug-likeness (QED) is 0.0245. The van der Waals surface area contributed by atoms with Gasteiger partial charge in [-0.2, -0.15) is 0 Å². The number of hydrogen-bond donors (Lipinski definition) is 3. The smallest absolute Gasteiger partial charge is 0.306 e. The van der Waals surface area contributed by atoms with E-state index in [9.17, 15) is 19.8 Å². The number of carbonyl (C=O) groups is 2. The van der Waals surface area contributed by atoms with Gasteiger partial charge >= 0.3 is 5.97 Å². The van der Waals surface area contributed by atoms with Crippen LogP contribution in [0.3, 0.4) is 0 Å². The average molecular weight is 913 g/mol. The minimum atomic E-state index is -0.794. The Morgan fingerprint density at radius 1 is 0.446 bits per heavy atom. The molecule has 0 aliphatic carbocycles. The summed E-state index contributed by atoms with van der Waals surface area (Å²) in [6.07, 6.45) is 64.5. The Bertz CT molecular complexity index is 1110. The van der Waals surface area contributed by atoms with Crippen LogP contribution in [0.4, 0.5) is 0 Å². The molecule has 0 aromatic rings. The van der Waals surface area contributed by atoms with E-state index in [0.717, 1.165) is 83.5 Å². The summed E-state index contributed by atoms with van der Waals surface area (Å²) in [6.45, 7) is 6.48. The van der Waals surface area contributed by atoms with E-state index in [1.165, 1.54) is 161 Å². The summed E-state index contributed by atoms with van der Waals surface area (Å²) < 4.78 is 5.95. The zero-order chi connectivity index (χ0) is 47.4. The number of carbonyl (C=O) groups excluding carboxylic acids is 2. The molecule has 0 spiro atoms. The third kappa shape index (κ3) is 48.1. The van der Waals surface area contributed by atoms with Crippen molar-refractivity contribution < 1.29 is 24.5 Å². The lowest BCUT2D eigenvalue weighted by molar-refractivity contribution is -0.151. The van der Waals surface area contributed by atoms with Crippen LogP contribution >= 0.6 is 0 Å². The number of unbranched alkanes of at least 4 members (excludes halogenated alkanes) is 33. The van der Waals surface area contributed by atoms with Gasteiger partial charge in [0.25, 0.3) is 0 Å². The summed E-state index contributed by atoms with van der Waals surface area (Å²) in [4.78, 5) is 26.2. The Morgan fingerprint density at radius 3 is 1.22 bits per heavy atom. The summed E-state index contributed by atoms with van der Waals surface area (Å²) >= 11 is 0. The normalized spacial score (nSPS) is 13.5. The Labute approximate surface area is 404 Å². The fourth-order valence-electron chi connectivity index (χ4n) is 8.60. The summed E-state index contributed by atoms with van der Waals surface area (Å²) in [7, 11) is 0. The molecule has 6 heteroatoms. The number of aliphatic hydroxyl groups is 2. The lowest BCUT2D eigenvalue weighted by Gasteiger charge is -2.24. The van der Waals surface area contributed by atoms with Crippen molar-refractivity contribution in [2.75, 3.05) is 6.61 Å². The lowest BCUT2D eigenvalue weighted by Crippen LogP contribution is -2.46. The monoisotopic (exact) mass is 912 g/mol. The SMILES string of the molecule is CCCCCCC/C=C/C=C/C=C/CCCCCCCC(=O)OC(CCCCCCC/C=C/CCCCCCCC)CC(=O)NC(CO)C(O)CCCCCCCCCCCCCCC. The van der Waals surface area contributed by atoms with Crippen LogP contribution < -0.4 is 5.32 Å². The minimum Gasteiger partial charge on any atom is -0.462 e. The number of hydrogen-bond acceptors (Lipinski definition) is 5. The van der Waals surface area contributed by atoms with Crippen LogP contribution in [0.1, 0.15) is 290 Å². The largest absolute Gasteiger partial charge is 0.462 e. The van der Waals surface area contributed by atoms with E-state index in [-0.39, 0.29) is 24.9 Å². The van der Waals surface area contributed by atoms with E-state index in [0.29, 0.717) is 19.3 Å². The first kappa shape index (κ1) is 62.8. The molecule has 0 aromatic heterocycles. The molecule has 0 bridgehead atoms. The van der Waals surface area contributed by atoms with Gasteiger partial charge in [0, 0.05) is 6.42 Å². The van der Waals surface area contributed by atoms with Crippen molar-refractivity contribution in [3.05, 3.63) is 48.6 Å². The zero-order valence-electron chi connectivity index (χ0n) is 43.4. The fraction of sp³-hybridized carbons (Fsp3) is 0.831. The van der Waals surface area contributed by atoms with Crippen molar-refractivity contribution >= 4 is 11.9 Å². The molecule has 1 amide bonds. The molecule has 6 nitrogen and oxygen atoms in total. The molecule has 65 heavy (non-hydrogen) atoms. The first-order valence-corrected chi connectivity index (χ1v) is 28.4. The molecule has 3 N–H and O–H groups in total. The van der Waals surface area contributed by atoms with Crippen LogP contribution in [0.2, 0.25) is 0 Å². The van der Waals surface area contributed by atoms with Crippen LogP contribution in [0, 0.1) is 0 Å². The van der Waals surface area contributed by atoms with Gasteiger partial charge in [0.2, 0.25) is 5.91 Å². The molecule has 0 saturated heterocycles. The van der Waals surface area contributed by atoms with Gasteiger partial charge in [-0.25, -0.2) is 0 Å². The number of amides is 1. The predicted octanol–water partition coefficient (Wildman–Crippen LogP) is 17.4. The highest BCUT2D eigenvalue weighted by Crippen LogP contribution is 2.18. The molecule has 0 rings (SSSR count). The summed E-state index contributed by atoms with van der Waals surface area (Å²) in [5.74, 6) is -0.495. The van der Waals surface area contributed by atoms with Crippen molar-refractivity contribution in [3.8, 4) is 0 Å². The summed E-state index contributed by atoms with van der Waals surface area (Å²) in [5, 5.41) is 23.8. The standard InChI is InChI=1S/C59H109NO5/c1-4-7-10-13-16-19-22-25-27-28-29-31-34-37-40-43-46-49-52-59(64)65-55(50-47-44-41-38-35-33-30-26-23-20-17-14-11-8-5-2)53-58(63)60-56(54-61)57(62)51-48-45-42-39-36-32-24-21-18-15-12-9-6-3/h22,25-31,55-57,61-62H,4-21,23-24,32-54H2,1-3H3,(H,60,63)/b25-22+,28-27+,30-26+,31-29+. The van der Waals surface area contributed by atoms with Gasteiger partial charge in [-0.05, 0) is 77.0 Å². The first-order valence-electron chi connectivity index (χ1n) is 28.4. The van der Waals surface area contributed by atoms with Crippen LogP contribution in [0.25, 0.3) is 0 Å². The second kappa shape index (κ2) is 52.8. The molecule has 0 saturated carbocycles. The maximum atomic E-state index is 13.2. The predicted molar refractivity (Wildman–Crippen MR) is 282 cm³/mol. The van der Waals surface area contributed by atoms with E-state index in [2.05, 4.69) is 74.7 Å². The molecule has 0 heterocycles. The highest BCUT2D eigenvalue weighted by molar-refractivity contribution is 5.77. The van der Waals surface area contributed by atoms with E-state index in [1.54, 1.807) is 0 Å². The van der Waals surface area contributed by atoms with Gasteiger partial charge in [-0.1, -0.05) is 249 Å². The maximum absolute atomic E-state index is 13.2. The molecule has 0 aliphatic heterocycles. The number of nitrogens with one attached hydrogen (secondary N) is 1. The van der Waals surface area contributed by atoms with Crippen molar-refractivity contribution in [2.45, 2.75) is 309 Å². The zero-order valence-corrected chi connectivity index (χ0v) is 43.4. The topological polar surface area (TPSA) is 95.9 Å². The van der Waals surface area contributed by atoms with E-state index >= 15 is 0 Å². The fourth-order valence-corrected chi connectivity index (χ4v) is 8.60. The van der Waals surface area contributed by atoms with Gasteiger partial charge in [0.1, 0.15) is 6.10 Å². The number of ether oxygens (including phenoxy) is 1. The molecular weight excluding hydrogens is 803 g/mol. The summed E-state index contributed by atoms with van der Waals surface area (Å²) in [6, 6.07) is -0.708. The number of rotatable bonds is 51. The molecule has 0 aromatic carbocycles. The second-order valence-electron chi connectivity index (χ2n) is 19.4. The van der Waals surface area contributed by atoms with Crippen molar-refractivity contribution in [2.24, 2.45) is 0 Å². The molecule has 3 atom stereocenters. The third-order valence-electron chi connectivity index (χ3n) is 12.9. The van der Waals surface area contributed by atoms with Crippen LogP contribution in [0.15, 0.2) is 48.6 Å². The second-order valence-corrected chi connectivity index (χ2v) is 19.4. The molecule has 380 valence electrons. The van der Waals surface area contributed by atoms with E-state index < -0.39 is 18.2 Å². The molecule has 0 fully saturated rings. The van der Waals surface area contributed by atoms with Crippen LogP contribution in [-0.2, 0) is 14.3 Å². The Hall–Kier alpha value is -2.18. The molecule has 0 radical (unpaired) electrons. The number of allylic oxidation sites excluding steroid dienone is 8.